The number of rotatable bonds is 6. The minimum Gasteiger partial charge on any atom is -0.492 e. The normalized spacial score (nSPS) is 15.0. The first-order chi connectivity index (χ1) is 13.6. The van der Waals surface area contributed by atoms with Crippen molar-refractivity contribution in [3.8, 4) is 5.75 Å². The Bertz CT molecular complexity index is 1090. The zero-order chi connectivity index (χ0) is 19.6. The highest BCUT2D eigenvalue weighted by molar-refractivity contribution is 7.89. The Morgan fingerprint density at radius 2 is 1.86 bits per heavy atom. The van der Waals surface area contributed by atoms with Gasteiger partial charge in [0.15, 0.2) is 0 Å². The number of ether oxygens (including phenoxy) is 1. The van der Waals surface area contributed by atoms with E-state index in [1.807, 2.05) is 43.3 Å². The van der Waals surface area contributed by atoms with Gasteiger partial charge in [-0.2, -0.15) is 4.31 Å². The number of aromatic nitrogens is 1. The van der Waals surface area contributed by atoms with Gasteiger partial charge in [0.25, 0.3) is 0 Å². The molecule has 1 aromatic heterocycles. The van der Waals surface area contributed by atoms with Crippen molar-refractivity contribution >= 4 is 32.4 Å². The van der Waals surface area contributed by atoms with Crippen LogP contribution < -0.4 is 10.1 Å². The van der Waals surface area contributed by atoms with Crippen LogP contribution in [0.25, 0.3) is 10.9 Å². The van der Waals surface area contributed by atoms with Gasteiger partial charge in [-0.05, 0) is 62.2 Å². The van der Waals surface area contributed by atoms with Gasteiger partial charge in [-0.3, -0.25) is 0 Å². The van der Waals surface area contributed by atoms with Crippen LogP contribution in [-0.4, -0.2) is 37.4 Å². The summed E-state index contributed by atoms with van der Waals surface area (Å²) in [6, 6.07) is 16.5. The van der Waals surface area contributed by atoms with Gasteiger partial charge in [0.05, 0.1) is 22.7 Å². The number of sulfonamides is 1. The van der Waals surface area contributed by atoms with Crippen molar-refractivity contribution in [3.63, 3.8) is 0 Å². The topological polar surface area (TPSA) is 71.5 Å². The molecule has 2 aromatic carbocycles. The third kappa shape index (κ3) is 3.68. The largest absolute Gasteiger partial charge is 0.492 e. The number of benzene rings is 2. The molecule has 6 nitrogen and oxygen atoms in total. The third-order valence-electron chi connectivity index (χ3n) is 4.81. The molecule has 1 aliphatic heterocycles. The van der Waals surface area contributed by atoms with Gasteiger partial charge in [0.1, 0.15) is 11.6 Å². The monoisotopic (exact) mass is 397 g/mol. The SMILES string of the molecule is CCOc1ccccc1Nc1ccc2cc(S(=O)(=O)N3CCCC3)ccc2n1. The van der Waals surface area contributed by atoms with E-state index in [0.717, 1.165) is 35.2 Å². The molecule has 146 valence electrons. The fourth-order valence-corrected chi connectivity index (χ4v) is 4.95. The van der Waals surface area contributed by atoms with E-state index in [9.17, 15) is 8.42 Å². The summed E-state index contributed by atoms with van der Waals surface area (Å²) in [7, 11) is -3.43. The molecular formula is C21H23N3O3S. The number of hydrogen-bond acceptors (Lipinski definition) is 5. The summed E-state index contributed by atoms with van der Waals surface area (Å²) in [5.74, 6) is 1.44. The Morgan fingerprint density at radius 3 is 2.64 bits per heavy atom. The van der Waals surface area contributed by atoms with Crippen LogP contribution in [0.2, 0.25) is 0 Å². The van der Waals surface area contributed by atoms with Crippen LogP contribution in [0.4, 0.5) is 11.5 Å². The predicted octanol–water partition coefficient (Wildman–Crippen LogP) is 4.16. The average molecular weight is 398 g/mol. The van der Waals surface area contributed by atoms with E-state index in [0.29, 0.717) is 30.4 Å². The minimum absolute atomic E-state index is 0.325. The average Bonchev–Trinajstić information content (AvgIpc) is 3.25. The summed E-state index contributed by atoms with van der Waals surface area (Å²) >= 11 is 0. The molecular weight excluding hydrogens is 374 g/mol. The maximum Gasteiger partial charge on any atom is 0.243 e. The van der Waals surface area contributed by atoms with Crippen LogP contribution in [0.1, 0.15) is 19.8 Å². The van der Waals surface area contributed by atoms with Gasteiger partial charge in [-0.1, -0.05) is 12.1 Å². The lowest BCUT2D eigenvalue weighted by Crippen LogP contribution is -2.27. The molecule has 3 aromatic rings. The molecule has 0 radical (unpaired) electrons. The highest BCUT2D eigenvalue weighted by Crippen LogP contribution is 2.29. The molecule has 0 unspecified atom stereocenters. The molecule has 0 spiro atoms. The van der Waals surface area contributed by atoms with E-state index < -0.39 is 10.0 Å². The van der Waals surface area contributed by atoms with Crippen molar-refractivity contribution in [2.75, 3.05) is 25.0 Å². The van der Waals surface area contributed by atoms with Crippen LogP contribution in [0.15, 0.2) is 59.5 Å². The van der Waals surface area contributed by atoms with Gasteiger partial charge in [0.2, 0.25) is 10.0 Å². The van der Waals surface area contributed by atoms with Crippen molar-refractivity contribution in [2.24, 2.45) is 0 Å². The molecule has 0 aliphatic carbocycles. The molecule has 0 amide bonds. The first kappa shape index (κ1) is 18.7. The molecule has 1 aliphatic rings. The minimum atomic E-state index is -3.43. The zero-order valence-electron chi connectivity index (χ0n) is 15.8. The lowest BCUT2D eigenvalue weighted by Gasteiger charge is -2.16. The van der Waals surface area contributed by atoms with E-state index in [1.165, 1.54) is 0 Å². The summed E-state index contributed by atoms with van der Waals surface area (Å²) in [6.45, 7) is 3.72. The second kappa shape index (κ2) is 7.77. The van der Waals surface area contributed by atoms with Crippen LogP contribution >= 0.6 is 0 Å². The van der Waals surface area contributed by atoms with E-state index in [4.69, 9.17) is 4.74 Å². The van der Waals surface area contributed by atoms with Crippen molar-refractivity contribution in [1.29, 1.82) is 0 Å². The summed E-state index contributed by atoms with van der Waals surface area (Å²) in [5.41, 5.74) is 1.57. The van der Waals surface area contributed by atoms with Crippen LogP contribution in [0.3, 0.4) is 0 Å². The number of para-hydroxylation sites is 2. The van der Waals surface area contributed by atoms with Crippen molar-refractivity contribution in [1.82, 2.24) is 9.29 Å². The molecule has 1 saturated heterocycles. The number of fused-ring (bicyclic) bond motifs is 1. The lowest BCUT2D eigenvalue weighted by atomic mass is 10.2. The Labute approximate surface area is 165 Å². The van der Waals surface area contributed by atoms with Gasteiger partial charge in [-0.25, -0.2) is 13.4 Å². The van der Waals surface area contributed by atoms with Crippen molar-refractivity contribution in [3.05, 3.63) is 54.6 Å². The molecule has 2 heterocycles. The Balaban J connectivity index is 1.62. The van der Waals surface area contributed by atoms with E-state index >= 15 is 0 Å². The Kier molecular flexibility index (Phi) is 5.19. The molecule has 1 fully saturated rings. The zero-order valence-corrected chi connectivity index (χ0v) is 16.6. The van der Waals surface area contributed by atoms with Gasteiger partial charge in [-0.15, -0.1) is 0 Å². The van der Waals surface area contributed by atoms with Crippen LogP contribution in [-0.2, 0) is 10.0 Å². The predicted molar refractivity (Wildman–Crippen MR) is 111 cm³/mol. The fourth-order valence-electron chi connectivity index (χ4n) is 3.40. The van der Waals surface area contributed by atoms with E-state index in [-0.39, 0.29) is 0 Å². The third-order valence-corrected chi connectivity index (χ3v) is 6.71. The number of pyridine rings is 1. The second-order valence-corrected chi connectivity index (χ2v) is 8.65. The smallest absolute Gasteiger partial charge is 0.243 e. The summed E-state index contributed by atoms with van der Waals surface area (Å²) < 4.78 is 32.7. The van der Waals surface area contributed by atoms with Gasteiger partial charge in [0, 0.05) is 18.5 Å². The van der Waals surface area contributed by atoms with Crippen LogP contribution in [0.5, 0.6) is 5.75 Å². The first-order valence-electron chi connectivity index (χ1n) is 9.48. The fraction of sp³-hybridized carbons (Fsp3) is 0.286. The molecule has 28 heavy (non-hydrogen) atoms. The molecule has 0 bridgehead atoms. The van der Waals surface area contributed by atoms with Gasteiger partial charge < -0.3 is 10.1 Å². The summed E-state index contributed by atoms with van der Waals surface area (Å²) in [6.07, 6.45) is 1.85. The first-order valence-corrected chi connectivity index (χ1v) is 10.9. The number of nitrogens with one attached hydrogen (secondary N) is 1. The highest BCUT2D eigenvalue weighted by atomic mass is 32.2. The molecule has 0 saturated carbocycles. The summed E-state index contributed by atoms with van der Waals surface area (Å²) in [5, 5.41) is 4.07. The molecule has 1 N–H and O–H groups in total. The van der Waals surface area contributed by atoms with Crippen molar-refractivity contribution < 1.29 is 13.2 Å². The molecule has 7 heteroatoms. The quantitative estimate of drug-likeness (QED) is 0.676. The second-order valence-electron chi connectivity index (χ2n) is 6.72. The number of anilines is 2. The number of nitrogens with zero attached hydrogens (tertiary/aromatic N) is 2. The summed E-state index contributed by atoms with van der Waals surface area (Å²) in [4.78, 5) is 4.94. The molecule has 0 atom stereocenters. The standard InChI is InChI=1S/C21H23N3O3S/c1-2-27-20-8-4-3-7-19(20)23-21-12-9-16-15-17(10-11-18(16)22-21)28(25,26)24-13-5-6-14-24/h3-4,7-12,15H,2,5-6,13-14H2,1H3,(H,22,23). The highest BCUT2D eigenvalue weighted by Gasteiger charge is 2.27. The molecule has 4 rings (SSSR count). The maximum absolute atomic E-state index is 12.8. The number of hydrogen-bond donors (Lipinski definition) is 1. The lowest BCUT2D eigenvalue weighted by molar-refractivity contribution is 0.342. The van der Waals surface area contributed by atoms with E-state index in [2.05, 4.69) is 10.3 Å². The van der Waals surface area contributed by atoms with Crippen LogP contribution in [0, 0.1) is 0 Å². The maximum atomic E-state index is 12.8. The van der Waals surface area contributed by atoms with E-state index in [1.54, 1.807) is 22.5 Å². The Hall–Kier alpha value is -2.64. The van der Waals surface area contributed by atoms with Gasteiger partial charge >= 0.3 is 0 Å². The van der Waals surface area contributed by atoms with Crippen molar-refractivity contribution in [2.45, 2.75) is 24.7 Å². The Morgan fingerprint density at radius 1 is 1.07 bits per heavy atom.